The van der Waals surface area contributed by atoms with Gasteiger partial charge in [-0.05, 0) is 19.1 Å². The highest BCUT2D eigenvalue weighted by Gasteiger charge is 2.15. The van der Waals surface area contributed by atoms with Gasteiger partial charge in [0.05, 0.1) is 29.3 Å². The Balaban J connectivity index is 2.29. The number of halogens is 1. The summed E-state index contributed by atoms with van der Waals surface area (Å²) in [4.78, 5) is 10.5. The number of hydrogen-bond acceptors (Lipinski definition) is 4. The fourth-order valence-electron chi connectivity index (χ4n) is 1.70. The third-order valence-corrected chi connectivity index (χ3v) is 2.95. The van der Waals surface area contributed by atoms with Crippen LogP contribution < -0.4 is 0 Å². The highest BCUT2D eigenvalue weighted by Crippen LogP contribution is 2.24. The lowest BCUT2D eigenvalue weighted by Crippen LogP contribution is -2.03. The van der Waals surface area contributed by atoms with Crippen molar-refractivity contribution in [3.05, 3.63) is 56.9 Å². The van der Waals surface area contributed by atoms with Crippen LogP contribution in [0, 0.1) is 10.1 Å². The predicted octanol–water partition coefficient (Wildman–Crippen LogP) is 2.55. The average Bonchev–Trinajstić information content (AvgIpc) is 2.80. The van der Waals surface area contributed by atoms with E-state index in [-0.39, 0.29) is 12.2 Å². The Morgan fingerprint density at radius 3 is 2.89 bits per heavy atom. The Morgan fingerprint density at radius 1 is 1.58 bits per heavy atom. The molecule has 1 N–H and O–H groups in total. The molecule has 1 heterocycles. The second-order valence-electron chi connectivity index (χ2n) is 4.18. The van der Waals surface area contributed by atoms with Crippen LogP contribution in [0.1, 0.15) is 24.2 Å². The molecule has 0 aliphatic rings. The van der Waals surface area contributed by atoms with E-state index >= 15 is 0 Å². The first-order valence-electron chi connectivity index (χ1n) is 5.60. The second kappa shape index (κ2) is 5.38. The maximum absolute atomic E-state index is 11.0. The van der Waals surface area contributed by atoms with Gasteiger partial charge in [-0.3, -0.25) is 14.8 Å². The Kier molecular flexibility index (Phi) is 3.82. The number of nitrogens with zero attached hydrogens (tertiary/aromatic N) is 3. The van der Waals surface area contributed by atoms with Crippen molar-refractivity contribution in [1.29, 1.82) is 0 Å². The molecule has 1 unspecified atom stereocenters. The number of aromatic nitrogens is 2. The van der Waals surface area contributed by atoms with Crippen molar-refractivity contribution in [3.63, 3.8) is 0 Å². The van der Waals surface area contributed by atoms with Crippen LogP contribution in [0.25, 0.3) is 0 Å². The van der Waals surface area contributed by atoms with Gasteiger partial charge in [-0.15, -0.1) is 0 Å². The van der Waals surface area contributed by atoms with E-state index in [1.807, 2.05) is 0 Å². The first kappa shape index (κ1) is 13.5. The number of benzene rings is 1. The van der Waals surface area contributed by atoms with Crippen LogP contribution in [0.15, 0.2) is 30.6 Å². The molecular formula is C12H12ClN3O3. The van der Waals surface area contributed by atoms with Crippen LogP contribution in [-0.4, -0.2) is 19.8 Å². The molecule has 1 aromatic heterocycles. The molecule has 0 bridgehead atoms. The van der Waals surface area contributed by atoms with Gasteiger partial charge < -0.3 is 5.11 Å². The first-order chi connectivity index (χ1) is 8.97. The number of aliphatic hydroxyl groups excluding tert-OH is 1. The van der Waals surface area contributed by atoms with Gasteiger partial charge in [0.2, 0.25) is 0 Å². The van der Waals surface area contributed by atoms with Crippen molar-refractivity contribution in [1.82, 2.24) is 9.78 Å². The molecule has 0 saturated heterocycles. The van der Waals surface area contributed by atoms with E-state index in [1.54, 1.807) is 25.3 Å². The molecule has 1 atom stereocenters. The van der Waals surface area contributed by atoms with Gasteiger partial charge in [0.25, 0.3) is 5.69 Å². The monoisotopic (exact) mass is 281 g/mol. The highest BCUT2D eigenvalue weighted by molar-refractivity contribution is 6.30. The van der Waals surface area contributed by atoms with Gasteiger partial charge in [0, 0.05) is 22.8 Å². The van der Waals surface area contributed by atoms with E-state index in [4.69, 9.17) is 11.6 Å². The van der Waals surface area contributed by atoms with Gasteiger partial charge in [0.1, 0.15) is 0 Å². The minimum Gasteiger partial charge on any atom is -0.389 e. The zero-order valence-corrected chi connectivity index (χ0v) is 10.9. The normalized spacial score (nSPS) is 12.4. The lowest BCUT2D eigenvalue weighted by atomic mass is 10.2. The van der Waals surface area contributed by atoms with E-state index < -0.39 is 11.0 Å². The molecule has 0 aliphatic carbocycles. The Labute approximate surface area is 114 Å². The second-order valence-corrected chi connectivity index (χ2v) is 4.61. The molecule has 0 amide bonds. The molecule has 6 nitrogen and oxygen atoms in total. The Hall–Kier alpha value is -1.92. The van der Waals surface area contributed by atoms with Crippen LogP contribution in [0.2, 0.25) is 5.02 Å². The molecule has 1 aromatic carbocycles. The molecule has 2 rings (SSSR count). The van der Waals surface area contributed by atoms with Gasteiger partial charge in [-0.1, -0.05) is 11.6 Å². The first-order valence-corrected chi connectivity index (χ1v) is 5.98. The smallest absolute Gasteiger partial charge is 0.275 e. The topological polar surface area (TPSA) is 81.2 Å². The van der Waals surface area contributed by atoms with Crippen LogP contribution in [0.5, 0.6) is 0 Å². The number of rotatable bonds is 4. The number of hydrogen-bond donors (Lipinski definition) is 1. The number of aliphatic hydroxyl groups is 1. The summed E-state index contributed by atoms with van der Waals surface area (Å²) < 4.78 is 1.54. The van der Waals surface area contributed by atoms with E-state index in [0.29, 0.717) is 16.1 Å². The van der Waals surface area contributed by atoms with Gasteiger partial charge in [-0.2, -0.15) is 5.10 Å². The molecule has 7 heteroatoms. The summed E-state index contributed by atoms with van der Waals surface area (Å²) in [5, 5.41) is 24.7. The quantitative estimate of drug-likeness (QED) is 0.690. The predicted molar refractivity (Wildman–Crippen MR) is 70.1 cm³/mol. The fraction of sp³-hybridized carbons (Fsp3) is 0.250. The van der Waals surface area contributed by atoms with Crippen molar-refractivity contribution in [2.75, 3.05) is 0 Å². The molecular weight excluding hydrogens is 270 g/mol. The molecule has 2 aromatic rings. The third-order valence-electron chi connectivity index (χ3n) is 2.71. The molecule has 100 valence electrons. The van der Waals surface area contributed by atoms with Crippen molar-refractivity contribution >= 4 is 17.3 Å². The molecule has 19 heavy (non-hydrogen) atoms. The molecule has 0 saturated carbocycles. The average molecular weight is 282 g/mol. The Bertz CT molecular complexity index is 610. The highest BCUT2D eigenvalue weighted by atomic mass is 35.5. The van der Waals surface area contributed by atoms with Crippen LogP contribution in [0.3, 0.4) is 0 Å². The molecule has 0 aliphatic heterocycles. The van der Waals surface area contributed by atoms with Crippen molar-refractivity contribution < 1.29 is 10.0 Å². The summed E-state index contributed by atoms with van der Waals surface area (Å²) >= 11 is 5.75. The molecule has 0 fully saturated rings. The van der Waals surface area contributed by atoms with Crippen LogP contribution >= 0.6 is 11.6 Å². The number of nitro groups is 1. The summed E-state index contributed by atoms with van der Waals surface area (Å²) in [6, 6.07) is 4.52. The summed E-state index contributed by atoms with van der Waals surface area (Å²) in [6.07, 6.45) is 2.57. The van der Waals surface area contributed by atoms with E-state index in [1.165, 1.54) is 16.9 Å². The van der Waals surface area contributed by atoms with E-state index in [9.17, 15) is 15.2 Å². The maximum Gasteiger partial charge on any atom is 0.275 e. The van der Waals surface area contributed by atoms with Crippen LogP contribution in [-0.2, 0) is 6.54 Å². The van der Waals surface area contributed by atoms with Gasteiger partial charge in [0.15, 0.2) is 0 Å². The standard InChI is InChI=1S/C12H12ClN3O3/c1-8(17)10-5-14-15(7-10)6-9-2-3-11(13)4-12(9)16(18)19/h2-5,7-8,17H,6H2,1H3. The molecule has 0 radical (unpaired) electrons. The third kappa shape index (κ3) is 3.10. The number of nitro benzene ring substituents is 1. The summed E-state index contributed by atoms with van der Waals surface area (Å²) in [7, 11) is 0. The summed E-state index contributed by atoms with van der Waals surface area (Å²) in [5.41, 5.74) is 1.13. The van der Waals surface area contributed by atoms with Gasteiger partial charge >= 0.3 is 0 Å². The van der Waals surface area contributed by atoms with E-state index in [0.717, 1.165) is 0 Å². The lowest BCUT2D eigenvalue weighted by molar-refractivity contribution is -0.385. The minimum absolute atomic E-state index is 0.0402. The maximum atomic E-state index is 11.0. The Morgan fingerprint density at radius 2 is 2.32 bits per heavy atom. The summed E-state index contributed by atoms with van der Waals surface area (Å²) in [6.45, 7) is 1.88. The zero-order chi connectivity index (χ0) is 14.0. The van der Waals surface area contributed by atoms with Crippen molar-refractivity contribution in [3.8, 4) is 0 Å². The zero-order valence-electron chi connectivity index (χ0n) is 10.2. The summed E-state index contributed by atoms with van der Waals surface area (Å²) in [5.74, 6) is 0. The minimum atomic E-state index is -0.617. The van der Waals surface area contributed by atoms with Crippen LogP contribution in [0.4, 0.5) is 5.69 Å². The SMILES string of the molecule is CC(O)c1cnn(Cc2ccc(Cl)cc2[N+](=O)[O-])c1. The van der Waals surface area contributed by atoms with E-state index in [2.05, 4.69) is 5.10 Å². The largest absolute Gasteiger partial charge is 0.389 e. The van der Waals surface area contributed by atoms with Gasteiger partial charge in [-0.25, -0.2) is 0 Å². The van der Waals surface area contributed by atoms with Crippen molar-refractivity contribution in [2.45, 2.75) is 19.6 Å². The van der Waals surface area contributed by atoms with Crippen molar-refractivity contribution in [2.24, 2.45) is 0 Å². The molecule has 0 spiro atoms. The fourth-order valence-corrected chi connectivity index (χ4v) is 1.86. The lowest BCUT2D eigenvalue weighted by Gasteiger charge is -2.04.